The summed E-state index contributed by atoms with van der Waals surface area (Å²) >= 11 is 0. The lowest BCUT2D eigenvalue weighted by molar-refractivity contribution is -0.145. The van der Waals surface area contributed by atoms with Gasteiger partial charge in [0.2, 0.25) is 5.91 Å². The summed E-state index contributed by atoms with van der Waals surface area (Å²) in [5, 5.41) is 0. The fraction of sp³-hybridized carbons (Fsp3) is 0.632. The third kappa shape index (κ3) is 2.47. The number of carbonyl (C=O) groups is 1. The van der Waals surface area contributed by atoms with Gasteiger partial charge in [-0.3, -0.25) is 9.69 Å². The van der Waals surface area contributed by atoms with Crippen LogP contribution in [0.2, 0.25) is 0 Å². The van der Waals surface area contributed by atoms with Gasteiger partial charge in [-0.15, -0.1) is 0 Å². The molecule has 1 amide bonds. The number of rotatable bonds is 1. The summed E-state index contributed by atoms with van der Waals surface area (Å²) < 4.78 is 14.1. The molecule has 1 aliphatic carbocycles. The lowest BCUT2D eigenvalue weighted by Crippen LogP contribution is -2.63. The Morgan fingerprint density at radius 1 is 1.30 bits per heavy atom. The van der Waals surface area contributed by atoms with Crippen LogP contribution in [-0.2, 0) is 17.8 Å². The molecule has 0 unspecified atom stereocenters. The number of benzene rings is 1. The second kappa shape index (κ2) is 5.59. The summed E-state index contributed by atoms with van der Waals surface area (Å²) in [6.45, 7) is 4.30. The van der Waals surface area contributed by atoms with Gasteiger partial charge < -0.3 is 4.90 Å². The van der Waals surface area contributed by atoms with E-state index in [-0.39, 0.29) is 17.3 Å². The van der Waals surface area contributed by atoms with Gasteiger partial charge in [0.05, 0.1) is 0 Å². The zero-order valence-corrected chi connectivity index (χ0v) is 13.9. The SMILES string of the molecule is CC(=O)N1CC[C@@H](N2CCc3cccc(F)c3C2)CC12CCC2. The Hall–Kier alpha value is -1.42. The first-order valence-corrected chi connectivity index (χ1v) is 8.88. The number of carbonyl (C=O) groups excluding carboxylic acids is 1. The third-order valence-electron chi connectivity index (χ3n) is 6.30. The van der Waals surface area contributed by atoms with Crippen LogP contribution in [0.15, 0.2) is 18.2 Å². The molecule has 0 bridgehead atoms. The van der Waals surface area contributed by atoms with Gasteiger partial charge in [0.15, 0.2) is 0 Å². The Labute approximate surface area is 137 Å². The summed E-state index contributed by atoms with van der Waals surface area (Å²) in [5.41, 5.74) is 2.15. The molecule has 1 saturated carbocycles. The van der Waals surface area contributed by atoms with Gasteiger partial charge in [-0.25, -0.2) is 4.39 Å². The average Bonchev–Trinajstić information content (AvgIpc) is 2.53. The molecule has 0 aromatic heterocycles. The molecular formula is C19H25FN2O. The predicted molar refractivity (Wildman–Crippen MR) is 87.5 cm³/mol. The van der Waals surface area contributed by atoms with E-state index in [2.05, 4.69) is 15.9 Å². The Balaban J connectivity index is 1.52. The molecule has 0 radical (unpaired) electrons. The minimum atomic E-state index is -0.0632. The van der Waals surface area contributed by atoms with Crippen molar-refractivity contribution >= 4 is 5.91 Å². The molecule has 1 spiro atoms. The average molecular weight is 316 g/mol. The number of fused-ring (bicyclic) bond motifs is 1. The van der Waals surface area contributed by atoms with Crippen molar-refractivity contribution < 1.29 is 9.18 Å². The smallest absolute Gasteiger partial charge is 0.219 e. The molecule has 4 heteroatoms. The van der Waals surface area contributed by atoms with Gasteiger partial charge >= 0.3 is 0 Å². The van der Waals surface area contributed by atoms with Crippen molar-refractivity contribution in [1.82, 2.24) is 9.80 Å². The largest absolute Gasteiger partial charge is 0.337 e. The molecule has 23 heavy (non-hydrogen) atoms. The Morgan fingerprint density at radius 3 is 2.83 bits per heavy atom. The number of likely N-dealkylation sites (tertiary alicyclic amines) is 1. The highest BCUT2D eigenvalue weighted by molar-refractivity contribution is 5.74. The maximum atomic E-state index is 14.1. The van der Waals surface area contributed by atoms with Gasteiger partial charge in [0.1, 0.15) is 5.82 Å². The summed E-state index contributed by atoms with van der Waals surface area (Å²) in [4.78, 5) is 16.5. The van der Waals surface area contributed by atoms with Gasteiger partial charge in [0, 0.05) is 43.7 Å². The van der Waals surface area contributed by atoms with Crippen molar-refractivity contribution in [2.45, 2.75) is 63.6 Å². The zero-order chi connectivity index (χ0) is 16.0. The highest BCUT2D eigenvalue weighted by Crippen LogP contribution is 2.46. The van der Waals surface area contributed by atoms with E-state index in [4.69, 9.17) is 0 Å². The van der Waals surface area contributed by atoms with E-state index in [0.29, 0.717) is 6.04 Å². The number of halogens is 1. The molecule has 1 saturated heterocycles. The van der Waals surface area contributed by atoms with Crippen molar-refractivity contribution in [3.8, 4) is 0 Å². The molecule has 2 aliphatic heterocycles. The van der Waals surface area contributed by atoms with E-state index in [0.717, 1.165) is 57.3 Å². The number of hydrogen-bond donors (Lipinski definition) is 0. The number of amides is 1. The number of piperidine rings is 1. The van der Waals surface area contributed by atoms with Crippen molar-refractivity contribution in [1.29, 1.82) is 0 Å². The second-order valence-electron chi connectivity index (χ2n) is 7.49. The standard InChI is InChI=1S/C19H25FN2O/c1-14(23)22-11-7-16(12-19(22)8-3-9-19)21-10-6-15-4-2-5-18(20)17(15)13-21/h2,4-5,16H,3,6-13H2,1H3/t16-/m1/s1. The quantitative estimate of drug-likeness (QED) is 0.795. The van der Waals surface area contributed by atoms with Crippen molar-refractivity contribution in [2.75, 3.05) is 13.1 Å². The molecule has 2 heterocycles. The van der Waals surface area contributed by atoms with Crippen LogP contribution in [0, 0.1) is 5.82 Å². The van der Waals surface area contributed by atoms with E-state index in [1.54, 1.807) is 13.0 Å². The molecular weight excluding hydrogens is 291 g/mol. The van der Waals surface area contributed by atoms with E-state index in [1.165, 1.54) is 12.0 Å². The minimum absolute atomic E-state index is 0.0632. The van der Waals surface area contributed by atoms with E-state index in [9.17, 15) is 9.18 Å². The van der Waals surface area contributed by atoms with Crippen LogP contribution in [0.3, 0.4) is 0 Å². The first-order chi connectivity index (χ1) is 11.1. The topological polar surface area (TPSA) is 23.6 Å². The highest BCUT2D eigenvalue weighted by Gasteiger charge is 2.48. The number of nitrogens with zero attached hydrogens (tertiary/aromatic N) is 2. The summed E-state index contributed by atoms with van der Waals surface area (Å²) in [5.74, 6) is 0.157. The molecule has 3 aliphatic rings. The molecule has 2 fully saturated rings. The van der Waals surface area contributed by atoms with Crippen LogP contribution in [0.4, 0.5) is 4.39 Å². The minimum Gasteiger partial charge on any atom is -0.337 e. The zero-order valence-electron chi connectivity index (χ0n) is 13.9. The lowest BCUT2D eigenvalue weighted by atomic mass is 9.68. The Kier molecular flexibility index (Phi) is 3.67. The van der Waals surface area contributed by atoms with Gasteiger partial charge in [0.25, 0.3) is 0 Å². The molecule has 0 N–H and O–H groups in total. The van der Waals surface area contributed by atoms with Crippen molar-refractivity contribution in [3.05, 3.63) is 35.1 Å². The third-order valence-corrected chi connectivity index (χ3v) is 6.30. The van der Waals surface area contributed by atoms with Gasteiger partial charge in [-0.2, -0.15) is 0 Å². The molecule has 3 nitrogen and oxygen atoms in total. The van der Waals surface area contributed by atoms with Crippen LogP contribution in [0.1, 0.15) is 50.2 Å². The van der Waals surface area contributed by atoms with Crippen molar-refractivity contribution in [3.63, 3.8) is 0 Å². The second-order valence-corrected chi connectivity index (χ2v) is 7.49. The summed E-state index contributed by atoms with van der Waals surface area (Å²) in [6.07, 6.45) is 6.53. The van der Waals surface area contributed by atoms with E-state index >= 15 is 0 Å². The maximum Gasteiger partial charge on any atom is 0.219 e. The maximum absolute atomic E-state index is 14.1. The summed E-state index contributed by atoms with van der Waals surface area (Å²) in [6, 6.07) is 5.94. The highest BCUT2D eigenvalue weighted by atomic mass is 19.1. The van der Waals surface area contributed by atoms with E-state index in [1.807, 2.05) is 6.07 Å². The molecule has 124 valence electrons. The van der Waals surface area contributed by atoms with Crippen LogP contribution in [0.5, 0.6) is 0 Å². The Bertz CT molecular complexity index is 626. The first kappa shape index (κ1) is 15.1. The van der Waals surface area contributed by atoms with Crippen molar-refractivity contribution in [2.24, 2.45) is 0 Å². The molecule has 4 rings (SSSR count). The predicted octanol–water partition coefficient (Wildman–Crippen LogP) is 3.12. The van der Waals surface area contributed by atoms with Crippen LogP contribution < -0.4 is 0 Å². The normalized spacial score (nSPS) is 26.7. The molecule has 1 atom stereocenters. The first-order valence-electron chi connectivity index (χ1n) is 8.88. The fourth-order valence-electron chi connectivity index (χ4n) is 4.90. The van der Waals surface area contributed by atoms with Gasteiger partial charge in [-0.05, 0) is 50.2 Å². The number of hydrogen-bond acceptors (Lipinski definition) is 2. The fourth-order valence-corrected chi connectivity index (χ4v) is 4.90. The molecule has 1 aromatic rings. The van der Waals surface area contributed by atoms with E-state index < -0.39 is 0 Å². The Morgan fingerprint density at radius 2 is 2.13 bits per heavy atom. The summed E-state index contributed by atoms with van der Waals surface area (Å²) in [7, 11) is 0. The van der Waals surface area contributed by atoms with Crippen LogP contribution in [0.25, 0.3) is 0 Å². The monoisotopic (exact) mass is 316 g/mol. The molecule has 1 aromatic carbocycles. The van der Waals surface area contributed by atoms with Crippen LogP contribution in [-0.4, -0.2) is 40.4 Å². The lowest BCUT2D eigenvalue weighted by Gasteiger charge is -2.56. The van der Waals surface area contributed by atoms with Gasteiger partial charge in [-0.1, -0.05) is 12.1 Å². The van der Waals surface area contributed by atoms with Crippen LogP contribution >= 0.6 is 0 Å².